The number of rotatable bonds is 4. The fraction of sp³-hybridized carbons (Fsp3) is 0.333. The Morgan fingerprint density at radius 3 is 2.88 bits per heavy atom. The topological polar surface area (TPSA) is 29.5 Å². The summed E-state index contributed by atoms with van der Waals surface area (Å²) in [7, 11) is 0. The van der Waals surface area contributed by atoms with E-state index in [0.717, 1.165) is 0 Å². The zero-order valence-electron chi connectivity index (χ0n) is 4.71. The van der Waals surface area contributed by atoms with Crippen molar-refractivity contribution in [2.24, 2.45) is 0 Å². The number of hydrogen-bond acceptors (Lipinski definition) is 2. The maximum atomic E-state index is 8.18. The van der Waals surface area contributed by atoms with Gasteiger partial charge in [0.2, 0.25) is 0 Å². The van der Waals surface area contributed by atoms with Crippen LogP contribution in [0.3, 0.4) is 0 Å². The zero-order valence-corrected chi connectivity index (χ0v) is 4.71. The molecule has 0 aromatic heterocycles. The van der Waals surface area contributed by atoms with Crippen molar-refractivity contribution >= 4 is 0 Å². The van der Waals surface area contributed by atoms with Gasteiger partial charge in [0.1, 0.15) is 6.61 Å². The van der Waals surface area contributed by atoms with Crippen molar-refractivity contribution in [3.8, 4) is 0 Å². The first-order valence-electron chi connectivity index (χ1n) is 2.42. The fourth-order valence-electron chi connectivity index (χ4n) is 0.232. The van der Waals surface area contributed by atoms with Crippen LogP contribution in [0.4, 0.5) is 0 Å². The van der Waals surface area contributed by atoms with Crippen molar-refractivity contribution in [3.05, 3.63) is 25.0 Å². The molecule has 0 bridgehead atoms. The summed E-state index contributed by atoms with van der Waals surface area (Å²) < 4.78 is 4.72. The standard InChI is InChI=1S/C6H10O2/c1-2-3-5-8-6-4-7/h2-3,5,7H,1,4,6H2. The van der Waals surface area contributed by atoms with Crippen LogP contribution >= 0.6 is 0 Å². The van der Waals surface area contributed by atoms with Gasteiger partial charge in [0, 0.05) is 0 Å². The molecule has 2 heteroatoms. The van der Waals surface area contributed by atoms with Gasteiger partial charge in [0.05, 0.1) is 12.9 Å². The minimum atomic E-state index is 0.0570. The number of hydrogen-bond donors (Lipinski definition) is 1. The summed E-state index contributed by atoms with van der Waals surface area (Å²) in [6, 6.07) is 0. The molecule has 0 aromatic carbocycles. The van der Waals surface area contributed by atoms with E-state index in [0.29, 0.717) is 6.61 Å². The molecule has 0 saturated carbocycles. The number of ether oxygens (including phenoxy) is 1. The molecule has 0 heterocycles. The summed E-state index contributed by atoms with van der Waals surface area (Å²) in [5.41, 5.74) is 0. The summed E-state index contributed by atoms with van der Waals surface area (Å²) in [4.78, 5) is 0. The van der Waals surface area contributed by atoms with Gasteiger partial charge in [-0.3, -0.25) is 0 Å². The lowest BCUT2D eigenvalue weighted by Gasteiger charge is -1.91. The molecular weight excluding hydrogens is 104 g/mol. The van der Waals surface area contributed by atoms with Crippen LogP contribution in [0.5, 0.6) is 0 Å². The second-order valence-electron chi connectivity index (χ2n) is 1.16. The van der Waals surface area contributed by atoms with Crippen molar-refractivity contribution in [1.82, 2.24) is 0 Å². The number of aliphatic hydroxyl groups is 1. The predicted molar refractivity (Wildman–Crippen MR) is 32.4 cm³/mol. The third kappa shape index (κ3) is 5.24. The first-order chi connectivity index (χ1) is 3.91. The molecule has 0 amide bonds. The van der Waals surface area contributed by atoms with E-state index in [1.807, 2.05) is 0 Å². The molecular formula is C6H10O2. The molecule has 0 spiro atoms. The number of aliphatic hydroxyl groups excluding tert-OH is 1. The second kappa shape index (κ2) is 6.24. The van der Waals surface area contributed by atoms with E-state index in [-0.39, 0.29) is 6.61 Å². The Kier molecular flexibility index (Phi) is 5.65. The molecule has 0 atom stereocenters. The molecule has 1 N–H and O–H groups in total. The summed E-state index contributed by atoms with van der Waals surface area (Å²) in [5.74, 6) is 0. The van der Waals surface area contributed by atoms with Crippen LogP contribution in [0.2, 0.25) is 0 Å². The molecule has 0 unspecified atom stereocenters. The Hall–Kier alpha value is -0.760. The van der Waals surface area contributed by atoms with Gasteiger partial charge >= 0.3 is 0 Å². The summed E-state index contributed by atoms with van der Waals surface area (Å²) in [6.07, 6.45) is 4.76. The van der Waals surface area contributed by atoms with Gasteiger partial charge in [-0.05, 0) is 6.08 Å². The fourth-order valence-corrected chi connectivity index (χ4v) is 0.232. The monoisotopic (exact) mass is 114 g/mol. The van der Waals surface area contributed by atoms with E-state index < -0.39 is 0 Å². The molecule has 0 radical (unpaired) electrons. The van der Waals surface area contributed by atoms with Crippen molar-refractivity contribution < 1.29 is 9.84 Å². The first kappa shape index (κ1) is 7.24. The highest BCUT2D eigenvalue weighted by molar-refractivity contribution is 4.92. The molecule has 0 fully saturated rings. The van der Waals surface area contributed by atoms with Gasteiger partial charge in [-0.2, -0.15) is 0 Å². The van der Waals surface area contributed by atoms with Crippen molar-refractivity contribution in [2.75, 3.05) is 13.2 Å². The first-order valence-corrected chi connectivity index (χ1v) is 2.42. The molecule has 46 valence electrons. The quantitative estimate of drug-likeness (QED) is 0.331. The largest absolute Gasteiger partial charge is 0.499 e. The summed E-state index contributed by atoms with van der Waals surface area (Å²) >= 11 is 0. The van der Waals surface area contributed by atoms with Crippen LogP contribution in [-0.2, 0) is 4.74 Å². The highest BCUT2D eigenvalue weighted by atomic mass is 16.5. The van der Waals surface area contributed by atoms with Gasteiger partial charge in [0.25, 0.3) is 0 Å². The van der Waals surface area contributed by atoms with Gasteiger partial charge in [0.15, 0.2) is 0 Å². The highest BCUT2D eigenvalue weighted by Crippen LogP contribution is 1.75. The minimum absolute atomic E-state index is 0.0570. The summed E-state index contributed by atoms with van der Waals surface area (Å²) in [5, 5.41) is 8.18. The minimum Gasteiger partial charge on any atom is -0.499 e. The van der Waals surface area contributed by atoms with E-state index in [1.165, 1.54) is 6.26 Å². The molecule has 0 aliphatic heterocycles. The third-order valence-electron chi connectivity index (χ3n) is 0.520. The Morgan fingerprint density at radius 2 is 2.38 bits per heavy atom. The van der Waals surface area contributed by atoms with Gasteiger partial charge in [-0.25, -0.2) is 0 Å². The highest BCUT2D eigenvalue weighted by Gasteiger charge is 1.72. The van der Waals surface area contributed by atoms with Gasteiger partial charge < -0.3 is 9.84 Å². The Bertz CT molecular complexity index is 76.6. The Balaban J connectivity index is 2.91. The zero-order chi connectivity index (χ0) is 6.24. The van der Waals surface area contributed by atoms with E-state index in [9.17, 15) is 0 Å². The van der Waals surface area contributed by atoms with Gasteiger partial charge in [-0.15, -0.1) is 0 Å². The van der Waals surface area contributed by atoms with Crippen molar-refractivity contribution in [3.63, 3.8) is 0 Å². The lowest BCUT2D eigenvalue weighted by Crippen LogP contribution is -1.91. The summed E-state index contributed by atoms with van der Waals surface area (Å²) in [6.45, 7) is 3.84. The normalized spacial score (nSPS) is 9.62. The van der Waals surface area contributed by atoms with Crippen molar-refractivity contribution in [2.45, 2.75) is 0 Å². The van der Waals surface area contributed by atoms with Crippen LogP contribution in [0.15, 0.2) is 25.0 Å². The van der Waals surface area contributed by atoms with E-state index in [2.05, 4.69) is 6.58 Å². The molecule has 0 aliphatic rings. The average molecular weight is 114 g/mol. The molecule has 0 rings (SSSR count). The van der Waals surface area contributed by atoms with E-state index in [4.69, 9.17) is 9.84 Å². The van der Waals surface area contributed by atoms with Crippen LogP contribution in [0.1, 0.15) is 0 Å². The maximum Gasteiger partial charge on any atom is 0.110 e. The number of allylic oxidation sites excluding steroid dienone is 2. The molecule has 8 heavy (non-hydrogen) atoms. The molecule has 0 saturated heterocycles. The lowest BCUT2D eigenvalue weighted by atomic mass is 10.6. The SMILES string of the molecule is C=CC=COCCO. The van der Waals surface area contributed by atoms with Crippen LogP contribution < -0.4 is 0 Å². The van der Waals surface area contributed by atoms with E-state index >= 15 is 0 Å². The Morgan fingerprint density at radius 1 is 1.62 bits per heavy atom. The second-order valence-corrected chi connectivity index (χ2v) is 1.16. The smallest absolute Gasteiger partial charge is 0.110 e. The average Bonchev–Trinajstić information content (AvgIpc) is 1.81. The molecule has 0 aliphatic carbocycles. The third-order valence-corrected chi connectivity index (χ3v) is 0.520. The van der Waals surface area contributed by atoms with Crippen LogP contribution in [-0.4, -0.2) is 18.3 Å². The Labute approximate surface area is 49.1 Å². The lowest BCUT2D eigenvalue weighted by molar-refractivity contribution is 0.166. The van der Waals surface area contributed by atoms with E-state index in [1.54, 1.807) is 12.2 Å². The maximum absolute atomic E-state index is 8.18. The van der Waals surface area contributed by atoms with Crippen molar-refractivity contribution in [1.29, 1.82) is 0 Å². The van der Waals surface area contributed by atoms with Crippen LogP contribution in [0, 0.1) is 0 Å². The molecule has 2 nitrogen and oxygen atoms in total. The molecule has 0 aromatic rings. The van der Waals surface area contributed by atoms with Gasteiger partial charge in [-0.1, -0.05) is 12.7 Å². The predicted octanol–water partition coefficient (Wildman–Crippen LogP) is 0.695. The van der Waals surface area contributed by atoms with Crippen LogP contribution in [0.25, 0.3) is 0 Å².